The van der Waals surface area contributed by atoms with Gasteiger partial charge in [-0.05, 0) is 24.6 Å². The Labute approximate surface area is 241 Å². The van der Waals surface area contributed by atoms with Crippen LogP contribution in [-0.4, -0.2) is 39.6 Å². The lowest BCUT2D eigenvalue weighted by atomic mass is 10.0. The summed E-state index contributed by atoms with van der Waals surface area (Å²) in [6.07, 6.45) is 0.0288. The van der Waals surface area contributed by atoms with E-state index >= 15 is 0 Å². The molecule has 1 atom stereocenters. The lowest BCUT2D eigenvalue weighted by Gasteiger charge is -2.35. The zero-order valence-corrected chi connectivity index (χ0v) is 23.2. The Hall–Kier alpha value is -2.32. The van der Waals surface area contributed by atoms with Crippen LogP contribution in [0.2, 0.25) is 30.1 Å². The van der Waals surface area contributed by atoms with Crippen molar-refractivity contribution in [3.8, 4) is 0 Å². The van der Waals surface area contributed by atoms with Crippen molar-refractivity contribution in [3.63, 3.8) is 0 Å². The molecule has 1 heterocycles. The van der Waals surface area contributed by atoms with E-state index in [1.807, 2.05) is 0 Å². The third kappa shape index (κ3) is 4.71. The molecule has 4 rings (SSSR count). The summed E-state index contributed by atoms with van der Waals surface area (Å²) >= 11 is 37.1. The number of rotatable bonds is 6. The molecule has 1 aliphatic heterocycles. The van der Waals surface area contributed by atoms with Gasteiger partial charge in [-0.2, -0.15) is 5.01 Å². The minimum absolute atomic E-state index is 0.0288. The third-order valence-electron chi connectivity index (χ3n) is 5.71. The van der Waals surface area contributed by atoms with Crippen molar-refractivity contribution in [1.82, 2.24) is 10.0 Å². The molecule has 0 aromatic heterocycles. The molecule has 0 saturated carbocycles. The van der Waals surface area contributed by atoms with E-state index in [2.05, 4.69) is 0 Å². The van der Waals surface area contributed by atoms with Crippen molar-refractivity contribution in [2.75, 3.05) is 0 Å². The van der Waals surface area contributed by atoms with E-state index in [1.54, 1.807) is 37.3 Å². The number of fused-ring (bicyclic) bond motifs is 1. The van der Waals surface area contributed by atoms with E-state index in [0.29, 0.717) is 5.01 Å². The molecule has 1 aliphatic rings. The van der Waals surface area contributed by atoms with Crippen LogP contribution in [0.4, 0.5) is 0 Å². The summed E-state index contributed by atoms with van der Waals surface area (Å²) in [7, 11) is 0. The molecule has 0 fully saturated rings. The molecular weight excluding hydrogens is 605 g/mol. The molecule has 3 aromatic carbocycles. The number of halogens is 6. The van der Waals surface area contributed by atoms with E-state index in [9.17, 15) is 19.2 Å². The quantitative estimate of drug-likeness (QED) is 0.122. The molecule has 6 nitrogen and oxygen atoms in total. The number of Topliss-reactive ketones (excluding diaryl/α,β-unsaturated/α-hetero) is 1. The number of hydrazine groups is 1. The third-order valence-corrected chi connectivity index (χ3v) is 8.06. The second-order valence-corrected chi connectivity index (χ2v) is 10.2. The standard InChI is InChI=1S/C25H14Cl6N2O4/c1-2-15(22(34)11-6-4-3-5-7-11)32(23(35)13-9-8-12(26)10-14(13)27)33-24(36)16-17(25(33)37)19(29)21(31)20(30)18(16)28/h3-10,15H,2H2,1H3/t15-/m0/s1. The average Bonchev–Trinajstić information content (AvgIpc) is 3.14. The summed E-state index contributed by atoms with van der Waals surface area (Å²) in [5.74, 6) is -3.45. The van der Waals surface area contributed by atoms with Gasteiger partial charge in [0.2, 0.25) is 0 Å². The molecule has 0 unspecified atom stereocenters. The van der Waals surface area contributed by atoms with E-state index in [-0.39, 0.29) is 58.8 Å². The molecule has 0 spiro atoms. The highest BCUT2D eigenvalue weighted by Gasteiger charge is 2.49. The number of amides is 3. The lowest BCUT2D eigenvalue weighted by molar-refractivity contribution is -0.00970. The number of carbonyl (C=O) groups is 4. The first kappa shape index (κ1) is 27.7. The normalized spacial score (nSPS) is 13.5. The Morgan fingerprint density at radius 1 is 0.811 bits per heavy atom. The highest BCUT2D eigenvalue weighted by atomic mass is 35.5. The molecule has 0 saturated heterocycles. The van der Waals surface area contributed by atoms with Gasteiger partial charge in [-0.3, -0.25) is 19.2 Å². The van der Waals surface area contributed by atoms with Crippen molar-refractivity contribution < 1.29 is 19.2 Å². The molecule has 3 amide bonds. The molecule has 0 aliphatic carbocycles. The van der Waals surface area contributed by atoms with Crippen LogP contribution in [-0.2, 0) is 0 Å². The second kappa shape index (κ2) is 10.8. The summed E-state index contributed by atoms with van der Waals surface area (Å²) in [5.41, 5.74) is -0.524. The minimum Gasteiger partial charge on any atom is -0.292 e. The molecule has 0 bridgehead atoms. The van der Waals surface area contributed by atoms with Crippen LogP contribution in [0, 0.1) is 0 Å². The maximum atomic E-state index is 13.9. The number of carbonyl (C=O) groups excluding carboxylic acids is 4. The Bertz CT molecular complexity index is 1430. The lowest BCUT2D eigenvalue weighted by Crippen LogP contribution is -2.57. The summed E-state index contributed by atoms with van der Waals surface area (Å²) < 4.78 is 0. The molecule has 37 heavy (non-hydrogen) atoms. The van der Waals surface area contributed by atoms with Crippen molar-refractivity contribution in [2.45, 2.75) is 19.4 Å². The van der Waals surface area contributed by atoms with Crippen molar-refractivity contribution in [1.29, 1.82) is 0 Å². The average molecular weight is 619 g/mol. The van der Waals surface area contributed by atoms with Crippen molar-refractivity contribution in [3.05, 3.63) is 101 Å². The number of hydrogen-bond acceptors (Lipinski definition) is 4. The molecule has 190 valence electrons. The zero-order chi connectivity index (χ0) is 27.2. The SMILES string of the molecule is CC[C@@H](C(=O)c1ccccc1)N(C(=O)c1ccc(Cl)cc1Cl)N1C(=O)c2c(Cl)c(Cl)c(Cl)c(Cl)c2C1=O. The van der Waals surface area contributed by atoms with Crippen molar-refractivity contribution >= 4 is 93.1 Å². The zero-order valence-electron chi connectivity index (χ0n) is 18.7. The minimum atomic E-state index is -1.30. The predicted molar refractivity (Wildman–Crippen MR) is 144 cm³/mol. The number of ketones is 1. The van der Waals surface area contributed by atoms with E-state index in [0.717, 1.165) is 5.01 Å². The van der Waals surface area contributed by atoms with Gasteiger partial charge in [0.05, 0.1) is 41.8 Å². The fourth-order valence-corrected chi connectivity index (χ4v) is 5.46. The Balaban J connectivity index is 1.93. The van der Waals surface area contributed by atoms with Gasteiger partial charge in [-0.15, -0.1) is 0 Å². The number of nitrogens with zero attached hydrogens (tertiary/aromatic N) is 2. The summed E-state index contributed by atoms with van der Waals surface area (Å²) in [5, 5.41) is 0.396. The first-order chi connectivity index (χ1) is 17.5. The van der Waals surface area contributed by atoms with Gasteiger partial charge in [-0.25, -0.2) is 5.01 Å². The second-order valence-electron chi connectivity index (χ2n) is 7.86. The highest BCUT2D eigenvalue weighted by Crippen LogP contribution is 2.45. The van der Waals surface area contributed by atoms with E-state index < -0.39 is 29.5 Å². The summed E-state index contributed by atoms with van der Waals surface area (Å²) in [6, 6.07) is 10.9. The van der Waals surface area contributed by atoms with Gasteiger partial charge in [0, 0.05) is 10.6 Å². The van der Waals surface area contributed by atoms with Crippen molar-refractivity contribution in [2.24, 2.45) is 0 Å². The fourth-order valence-electron chi connectivity index (χ4n) is 3.96. The number of imide groups is 1. The van der Waals surface area contributed by atoms with E-state index in [4.69, 9.17) is 69.6 Å². The number of hydrogen-bond donors (Lipinski definition) is 0. The van der Waals surface area contributed by atoms with Crippen LogP contribution >= 0.6 is 69.6 Å². The maximum absolute atomic E-state index is 13.9. The van der Waals surface area contributed by atoms with Crippen LogP contribution < -0.4 is 0 Å². The van der Waals surface area contributed by atoms with Gasteiger partial charge < -0.3 is 0 Å². The predicted octanol–water partition coefficient (Wildman–Crippen LogP) is 7.92. The van der Waals surface area contributed by atoms with Gasteiger partial charge in [0.1, 0.15) is 6.04 Å². The summed E-state index contributed by atoms with van der Waals surface area (Å²) in [4.78, 5) is 54.8. The van der Waals surface area contributed by atoms with Crippen LogP contribution in [0.5, 0.6) is 0 Å². The van der Waals surface area contributed by atoms with Gasteiger partial charge in [0.15, 0.2) is 5.78 Å². The van der Waals surface area contributed by atoms with Crippen LogP contribution in [0.3, 0.4) is 0 Å². The van der Waals surface area contributed by atoms with Gasteiger partial charge >= 0.3 is 0 Å². The van der Waals surface area contributed by atoms with Gasteiger partial charge in [-0.1, -0.05) is 107 Å². The molecule has 0 radical (unpaired) electrons. The van der Waals surface area contributed by atoms with E-state index in [1.165, 1.54) is 18.2 Å². The largest absolute Gasteiger partial charge is 0.292 e. The first-order valence-electron chi connectivity index (χ1n) is 10.6. The topological polar surface area (TPSA) is 74.8 Å². The maximum Gasteiger partial charge on any atom is 0.282 e. The molecule has 0 N–H and O–H groups in total. The molecule has 3 aromatic rings. The smallest absolute Gasteiger partial charge is 0.282 e. The molecule has 12 heteroatoms. The Kier molecular flexibility index (Phi) is 8.10. The van der Waals surface area contributed by atoms with Crippen LogP contribution in [0.1, 0.15) is 54.8 Å². The summed E-state index contributed by atoms with van der Waals surface area (Å²) in [6.45, 7) is 1.63. The Morgan fingerprint density at radius 2 is 1.35 bits per heavy atom. The fraction of sp³-hybridized carbons (Fsp3) is 0.120. The first-order valence-corrected chi connectivity index (χ1v) is 12.9. The highest BCUT2D eigenvalue weighted by molar-refractivity contribution is 6.55. The Morgan fingerprint density at radius 3 is 1.84 bits per heavy atom. The van der Waals surface area contributed by atoms with Gasteiger partial charge in [0.25, 0.3) is 17.7 Å². The van der Waals surface area contributed by atoms with Crippen LogP contribution in [0.15, 0.2) is 48.5 Å². The van der Waals surface area contributed by atoms with Crippen LogP contribution in [0.25, 0.3) is 0 Å². The monoisotopic (exact) mass is 616 g/mol. The number of benzene rings is 3. The molecular formula is C25H14Cl6N2O4.